The summed E-state index contributed by atoms with van der Waals surface area (Å²) in [6.07, 6.45) is 2.21. The largest absolute Gasteiger partial charge is 0.465 e. The van der Waals surface area contributed by atoms with Gasteiger partial charge in [0.05, 0.1) is 30.7 Å². The number of nitrogens with two attached hydrogens (primary N) is 1. The third-order valence-corrected chi connectivity index (χ3v) is 2.68. The maximum absolute atomic E-state index is 11.3. The number of benzene rings is 1. The predicted octanol–water partition coefficient (Wildman–Crippen LogP) is 2.28. The first kappa shape index (κ1) is 15.3. The molecule has 0 aromatic heterocycles. The second-order valence-electron chi connectivity index (χ2n) is 4.19. The highest BCUT2D eigenvalue weighted by atomic mass is 16.5. The number of esters is 1. The molecule has 0 heterocycles. The lowest BCUT2D eigenvalue weighted by Gasteiger charge is -2.10. The normalized spacial score (nSPS) is 10.2. The van der Waals surface area contributed by atoms with Crippen LogP contribution in [0.3, 0.4) is 0 Å². The number of unbranched alkanes of at least 4 members (excludes halogenated alkanes) is 1. The molecule has 1 aromatic carbocycles. The minimum atomic E-state index is -0.388. The average Bonchev–Trinajstić information content (AvgIpc) is 2.43. The standard InChI is InChI=1S/C14H22N2O3/c1-3-4-8-19-9-7-16-13-6-5-11(10-12(13)15)14(17)18-2/h5-6,10,16H,3-4,7-9,15H2,1-2H3. The van der Waals surface area contributed by atoms with Crippen molar-refractivity contribution in [3.8, 4) is 0 Å². The molecule has 0 amide bonds. The molecular weight excluding hydrogens is 244 g/mol. The van der Waals surface area contributed by atoms with Crippen molar-refractivity contribution in [2.24, 2.45) is 0 Å². The van der Waals surface area contributed by atoms with E-state index in [-0.39, 0.29) is 5.97 Å². The third-order valence-electron chi connectivity index (χ3n) is 2.68. The zero-order chi connectivity index (χ0) is 14.1. The van der Waals surface area contributed by atoms with Gasteiger partial charge in [0.15, 0.2) is 0 Å². The Morgan fingerprint density at radius 2 is 2.16 bits per heavy atom. The van der Waals surface area contributed by atoms with Crippen LogP contribution < -0.4 is 11.1 Å². The van der Waals surface area contributed by atoms with Gasteiger partial charge in [-0.25, -0.2) is 4.79 Å². The molecule has 0 aliphatic heterocycles. The Labute approximate surface area is 114 Å². The lowest BCUT2D eigenvalue weighted by molar-refractivity contribution is 0.0601. The minimum Gasteiger partial charge on any atom is -0.465 e. The number of hydrogen-bond donors (Lipinski definition) is 2. The highest BCUT2D eigenvalue weighted by Crippen LogP contribution is 2.20. The molecule has 0 saturated carbocycles. The lowest BCUT2D eigenvalue weighted by Crippen LogP contribution is -2.12. The van der Waals surface area contributed by atoms with E-state index in [1.54, 1.807) is 18.2 Å². The van der Waals surface area contributed by atoms with Crippen molar-refractivity contribution in [2.75, 3.05) is 37.9 Å². The Morgan fingerprint density at radius 3 is 2.79 bits per heavy atom. The lowest BCUT2D eigenvalue weighted by atomic mass is 10.1. The zero-order valence-corrected chi connectivity index (χ0v) is 11.6. The van der Waals surface area contributed by atoms with Crippen LogP contribution in [0.2, 0.25) is 0 Å². The van der Waals surface area contributed by atoms with E-state index in [0.29, 0.717) is 24.4 Å². The van der Waals surface area contributed by atoms with Gasteiger partial charge in [0.1, 0.15) is 0 Å². The van der Waals surface area contributed by atoms with Gasteiger partial charge in [-0.1, -0.05) is 13.3 Å². The van der Waals surface area contributed by atoms with E-state index >= 15 is 0 Å². The SMILES string of the molecule is CCCCOCCNc1ccc(C(=O)OC)cc1N. The third kappa shape index (κ3) is 5.18. The van der Waals surface area contributed by atoms with E-state index in [0.717, 1.165) is 25.1 Å². The summed E-state index contributed by atoms with van der Waals surface area (Å²) in [6.45, 7) is 4.24. The number of carbonyl (C=O) groups is 1. The smallest absolute Gasteiger partial charge is 0.337 e. The molecule has 1 rings (SSSR count). The first-order valence-electron chi connectivity index (χ1n) is 6.48. The quantitative estimate of drug-likeness (QED) is 0.429. The van der Waals surface area contributed by atoms with Gasteiger partial charge >= 0.3 is 5.97 Å². The molecule has 0 fully saturated rings. The van der Waals surface area contributed by atoms with Crippen LogP contribution in [0.15, 0.2) is 18.2 Å². The summed E-state index contributed by atoms with van der Waals surface area (Å²) in [7, 11) is 1.35. The summed E-state index contributed by atoms with van der Waals surface area (Å²) in [5.41, 5.74) is 7.64. The Bertz CT molecular complexity index is 408. The molecular formula is C14H22N2O3. The molecule has 0 aliphatic carbocycles. The number of nitrogen functional groups attached to an aromatic ring is 1. The van der Waals surface area contributed by atoms with E-state index in [1.165, 1.54) is 7.11 Å². The second kappa shape index (κ2) is 8.37. The highest BCUT2D eigenvalue weighted by molar-refractivity contribution is 5.91. The fourth-order valence-corrected chi connectivity index (χ4v) is 1.57. The number of hydrogen-bond acceptors (Lipinski definition) is 5. The summed E-state index contributed by atoms with van der Waals surface area (Å²) >= 11 is 0. The fourth-order valence-electron chi connectivity index (χ4n) is 1.57. The molecule has 0 unspecified atom stereocenters. The second-order valence-corrected chi connectivity index (χ2v) is 4.19. The van der Waals surface area contributed by atoms with E-state index in [1.807, 2.05) is 0 Å². The van der Waals surface area contributed by atoms with Crippen LogP contribution in [0.5, 0.6) is 0 Å². The van der Waals surface area contributed by atoms with Gasteiger partial charge in [-0.05, 0) is 24.6 Å². The number of rotatable bonds is 8. The molecule has 19 heavy (non-hydrogen) atoms. The van der Waals surface area contributed by atoms with Gasteiger partial charge in [-0.15, -0.1) is 0 Å². The van der Waals surface area contributed by atoms with Crippen molar-refractivity contribution in [3.63, 3.8) is 0 Å². The molecule has 0 atom stereocenters. The van der Waals surface area contributed by atoms with Gasteiger partial charge in [0.2, 0.25) is 0 Å². The average molecular weight is 266 g/mol. The Hall–Kier alpha value is -1.75. The van der Waals surface area contributed by atoms with Crippen LogP contribution >= 0.6 is 0 Å². The van der Waals surface area contributed by atoms with Crippen LogP contribution in [0.25, 0.3) is 0 Å². The zero-order valence-electron chi connectivity index (χ0n) is 11.6. The molecule has 5 heteroatoms. The van der Waals surface area contributed by atoms with Crippen molar-refractivity contribution in [2.45, 2.75) is 19.8 Å². The van der Waals surface area contributed by atoms with Gasteiger partial charge in [-0.3, -0.25) is 0 Å². The summed E-state index contributed by atoms with van der Waals surface area (Å²) in [5, 5.41) is 3.17. The van der Waals surface area contributed by atoms with Crippen LogP contribution in [-0.4, -0.2) is 32.8 Å². The summed E-state index contributed by atoms with van der Waals surface area (Å²) < 4.78 is 10.1. The van der Waals surface area contributed by atoms with Gasteiger partial charge in [0, 0.05) is 13.2 Å². The molecule has 1 aromatic rings. The molecule has 0 spiro atoms. The van der Waals surface area contributed by atoms with Crippen molar-refractivity contribution in [1.82, 2.24) is 0 Å². The molecule has 0 saturated heterocycles. The van der Waals surface area contributed by atoms with Crippen molar-refractivity contribution in [1.29, 1.82) is 0 Å². The maximum Gasteiger partial charge on any atom is 0.337 e. The highest BCUT2D eigenvalue weighted by Gasteiger charge is 2.07. The summed E-state index contributed by atoms with van der Waals surface area (Å²) in [5.74, 6) is -0.388. The Kier molecular flexibility index (Phi) is 6.74. The van der Waals surface area contributed by atoms with Gasteiger partial charge in [0.25, 0.3) is 0 Å². The van der Waals surface area contributed by atoms with E-state index in [2.05, 4.69) is 17.0 Å². The van der Waals surface area contributed by atoms with Crippen molar-refractivity contribution >= 4 is 17.3 Å². The van der Waals surface area contributed by atoms with E-state index in [9.17, 15) is 4.79 Å². The fraction of sp³-hybridized carbons (Fsp3) is 0.500. The number of carbonyl (C=O) groups excluding carboxylic acids is 1. The van der Waals surface area contributed by atoms with Crippen molar-refractivity contribution < 1.29 is 14.3 Å². The monoisotopic (exact) mass is 266 g/mol. The molecule has 0 radical (unpaired) electrons. The van der Waals surface area contributed by atoms with Gasteiger partial charge < -0.3 is 20.5 Å². The topological polar surface area (TPSA) is 73.6 Å². The number of ether oxygens (including phenoxy) is 2. The van der Waals surface area contributed by atoms with Crippen LogP contribution in [0, 0.1) is 0 Å². The predicted molar refractivity (Wildman–Crippen MR) is 76.4 cm³/mol. The van der Waals surface area contributed by atoms with Crippen molar-refractivity contribution in [3.05, 3.63) is 23.8 Å². The van der Waals surface area contributed by atoms with Crippen LogP contribution in [0.4, 0.5) is 11.4 Å². The van der Waals surface area contributed by atoms with E-state index < -0.39 is 0 Å². The number of nitrogens with one attached hydrogen (secondary N) is 1. The molecule has 5 nitrogen and oxygen atoms in total. The minimum absolute atomic E-state index is 0.388. The maximum atomic E-state index is 11.3. The van der Waals surface area contributed by atoms with Gasteiger partial charge in [-0.2, -0.15) is 0 Å². The Morgan fingerprint density at radius 1 is 1.37 bits per heavy atom. The number of methoxy groups -OCH3 is 1. The molecule has 0 bridgehead atoms. The molecule has 106 valence electrons. The number of anilines is 2. The van der Waals surface area contributed by atoms with Crippen LogP contribution in [0.1, 0.15) is 30.1 Å². The first-order valence-corrected chi connectivity index (χ1v) is 6.48. The van der Waals surface area contributed by atoms with E-state index in [4.69, 9.17) is 10.5 Å². The first-order chi connectivity index (χ1) is 9.19. The Balaban J connectivity index is 2.40. The van der Waals surface area contributed by atoms with Crippen LogP contribution in [-0.2, 0) is 9.47 Å². The summed E-state index contributed by atoms with van der Waals surface area (Å²) in [6, 6.07) is 5.06. The molecule has 3 N–H and O–H groups in total. The molecule has 0 aliphatic rings. The summed E-state index contributed by atoms with van der Waals surface area (Å²) in [4.78, 5) is 11.3.